The third-order valence-corrected chi connectivity index (χ3v) is 3.92. The zero-order chi connectivity index (χ0) is 12.4. The summed E-state index contributed by atoms with van der Waals surface area (Å²) >= 11 is 0. The summed E-state index contributed by atoms with van der Waals surface area (Å²) < 4.78 is 5.54. The molecule has 0 saturated carbocycles. The van der Waals surface area contributed by atoms with E-state index >= 15 is 0 Å². The first-order valence-corrected chi connectivity index (χ1v) is 7.01. The zero-order valence-corrected chi connectivity index (χ0v) is 11.1. The molecule has 2 aliphatic heterocycles. The van der Waals surface area contributed by atoms with Crippen molar-refractivity contribution in [2.24, 2.45) is 0 Å². The van der Waals surface area contributed by atoms with Gasteiger partial charge in [0.1, 0.15) is 5.75 Å². The van der Waals surface area contributed by atoms with Crippen LogP contribution in [0.15, 0.2) is 18.2 Å². The maximum atomic E-state index is 5.54. The fourth-order valence-electron chi connectivity index (χ4n) is 2.90. The Balaban J connectivity index is 1.56. The number of hydrogen-bond donors (Lipinski definition) is 1. The van der Waals surface area contributed by atoms with Gasteiger partial charge in [0.25, 0.3) is 0 Å². The van der Waals surface area contributed by atoms with Crippen LogP contribution in [0.5, 0.6) is 5.75 Å². The van der Waals surface area contributed by atoms with Gasteiger partial charge in [0.05, 0.1) is 6.61 Å². The minimum absolute atomic E-state index is 0.632. The molecule has 0 spiro atoms. The quantitative estimate of drug-likeness (QED) is 0.874. The van der Waals surface area contributed by atoms with Gasteiger partial charge < -0.3 is 15.0 Å². The van der Waals surface area contributed by atoms with Crippen molar-refractivity contribution in [1.82, 2.24) is 10.2 Å². The molecule has 0 radical (unpaired) electrons. The third-order valence-electron chi connectivity index (χ3n) is 3.92. The van der Waals surface area contributed by atoms with Crippen LogP contribution in [0.2, 0.25) is 0 Å². The van der Waals surface area contributed by atoms with Crippen LogP contribution in [-0.4, -0.2) is 43.7 Å². The lowest BCUT2D eigenvalue weighted by Gasteiger charge is -2.31. The second kappa shape index (κ2) is 5.29. The highest BCUT2D eigenvalue weighted by atomic mass is 16.5. The van der Waals surface area contributed by atoms with Crippen molar-refractivity contribution in [2.75, 3.05) is 32.8 Å². The summed E-state index contributed by atoms with van der Waals surface area (Å²) in [6.45, 7) is 7.77. The average molecular weight is 246 g/mol. The predicted molar refractivity (Wildman–Crippen MR) is 73.2 cm³/mol. The number of ether oxygens (including phenoxy) is 1. The van der Waals surface area contributed by atoms with Crippen LogP contribution in [0.4, 0.5) is 0 Å². The van der Waals surface area contributed by atoms with E-state index in [1.807, 2.05) is 0 Å². The van der Waals surface area contributed by atoms with Crippen molar-refractivity contribution in [1.29, 1.82) is 0 Å². The molecule has 1 aromatic rings. The second-order valence-electron chi connectivity index (χ2n) is 5.45. The number of nitrogens with zero attached hydrogens (tertiary/aromatic N) is 1. The topological polar surface area (TPSA) is 24.5 Å². The molecular weight excluding hydrogens is 224 g/mol. The lowest BCUT2D eigenvalue weighted by molar-refractivity contribution is 0.209. The number of hydrogen-bond acceptors (Lipinski definition) is 3. The van der Waals surface area contributed by atoms with Gasteiger partial charge in [0, 0.05) is 38.6 Å². The largest absolute Gasteiger partial charge is 0.493 e. The summed E-state index contributed by atoms with van der Waals surface area (Å²) in [6.07, 6.45) is 2.23. The molecule has 2 aliphatic rings. The molecule has 18 heavy (non-hydrogen) atoms. The normalized spacial score (nSPS) is 23.7. The highest BCUT2D eigenvalue weighted by Gasteiger charge is 2.16. The Morgan fingerprint density at radius 2 is 2.39 bits per heavy atom. The SMILES string of the molecule is C[C@H]1CN(CCc2ccc3c(c2)CCO3)CCN1. The van der Waals surface area contributed by atoms with Crippen molar-refractivity contribution in [3.8, 4) is 5.75 Å². The van der Waals surface area contributed by atoms with Crippen molar-refractivity contribution < 1.29 is 4.74 Å². The lowest BCUT2D eigenvalue weighted by Crippen LogP contribution is -2.49. The molecule has 1 saturated heterocycles. The Morgan fingerprint density at radius 1 is 1.44 bits per heavy atom. The number of fused-ring (bicyclic) bond motifs is 1. The monoisotopic (exact) mass is 246 g/mol. The first kappa shape index (κ1) is 12.0. The molecule has 98 valence electrons. The van der Waals surface area contributed by atoms with Crippen LogP contribution < -0.4 is 10.1 Å². The van der Waals surface area contributed by atoms with Crippen LogP contribution in [0.3, 0.4) is 0 Å². The minimum atomic E-state index is 0.632. The summed E-state index contributed by atoms with van der Waals surface area (Å²) in [4.78, 5) is 2.56. The molecule has 1 fully saturated rings. The third kappa shape index (κ3) is 2.68. The number of nitrogens with one attached hydrogen (secondary N) is 1. The molecule has 3 heteroatoms. The molecular formula is C15H22N2O. The first-order chi connectivity index (χ1) is 8.81. The molecule has 3 nitrogen and oxygen atoms in total. The van der Waals surface area contributed by atoms with Gasteiger partial charge in [-0.05, 0) is 30.5 Å². The van der Waals surface area contributed by atoms with E-state index < -0.39 is 0 Å². The molecule has 1 N–H and O–H groups in total. The Kier molecular flexibility index (Phi) is 3.52. The molecule has 0 amide bonds. The average Bonchev–Trinajstić information content (AvgIpc) is 2.84. The number of benzene rings is 1. The van der Waals surface area contributed by atoms with Gasteiger partial charge in [-0.3, -0.25) is 0 Å². The second-order valence-corrected chi connectivity index (χ2v) is 5.45. The smallest absolute Gasteiger partial charge is 0.122 e. The Morgan fingerprint density at radius 3 is 3.28 bits per heavy atom. The van der Waals surface area contributed by atoms with Gasteiger partial charge in [-0.1, -0.05) is 12.1 Å². The molecule has 2 heterocycles. The molecule has 3 rings (SSSR count). The van der Waals surface area contributed by atoms with Gasteiger partial charge in [-0.15, -0.1) is 0 Å². The summed E-state index contributed by atoms with van der Waals surface area (Å²) in [5.41, 5.74) is 2.84. The van der Waals surface area contributed by atoms with Gasteiger partial charge in [0.15, 0.2) is 0 Å². The van der Waals surface area contributed by atoms with E-state index in [4.69, 9.17) is 4.74 Å². The molecule has 0 aromatic heterocycles. The van der Waals surface area contributed by atoms with E-state index in [2.05, 4.69) is 35.3 Å². The van der Waals surface area contributed by atoms with E-state index in [1.54, 1.807) is 0 Å². The summed E-state index contributed by atoms with van der Waals surface area (Å²) in [5.74, 6) is 1.09. The first-order valence-electron chi connectivity index (χ1n) is 7.01. The van der Waals surface area contributed by atoms with E-state index in [-0.39, 0.29) is 0 Å². The Labute approximate surface area is 109 Å². The van der Waals surface area contributed by atoms with Gasteiger partial charge in [-0.2, -0.15) is 0 Å². The summed E-state index contributed by atoms with van der Waals surface area (Å²) in [5, 5.41) is 3.49. The fourth-order valence-corrected chi connectivity index (χ4v) is 2.90. The molecule has 0 aliphatic carbocycles. The van der Waals surface area contributed by atoms with E-state index in [0.717, 1.165) is 31.7 Å². The van der Waals surface area contributed by atoms with Gasteiger partial charge in [0.2, 0.25) is 0 Å². The Bertz CT molecular complexity index is 419. The lowest BCUT2D eigenvalue weighted by atomic mass is 10.1. The number of piperazine rings is 1. The maximum absolute atomic E-state index is 5.54. The van der Waals surface area contributed by atoms with Gasteiger partial charge >= 0.3 is 0 Å². The van der Waals surface area contributed by atoms with Gasteiger partial charge in [-0.25, -0.2) is 0 Å². The zero-order valence-electron chi connectivity index (χ0n) is 11.1. The molecule has 0 bridgehead atoms. The van der Waals surface area contributed by atoms with Crippen LogP contribution in [0.25, 0.3) is 0 Å². The minimum Gasteiger partial charge on any atom is -0.493 e. The number of rotatable bonds is 3. The fraction of sp³-hybridized carbons (Fsp3) is 0.600. The Hall–Kier alpha value is -1.06. The van der Waals surface area contributed by atoms with Crippen molar-refractivity contribution >= 4 is 0 Å². The van der Waals surface area contributed by atoms with Crippen LogP contribution in [-0.2, 0) is 12.8 Å². The van der Waals surface area contributed by atoms with Crippen molar-refractivity contribution in [2.45, 2.75) is 25.8 Å². The maximum Gasteiger partial charge on any atom is 0.122 e. The highest BCUT2D eigenvalue weighted by molar-refractivity contribution is 5.39. The van der Waals surface area contributed by atoms with Crippen LogP contribution in [0.1, 0.15) is 18.1 Å². The van der Waals surface area contributed by atoms with E-state index in [9.17, 15) is 0 Å². The predicted octanol–water partition coefficient (Wildman–Crippen LogP) is 1.46. The highest BCUT2D eigenvalue weighted by Crippen LogP contribution is 2.26. The summed E-state index contributed by atoms with van der Waals surface area (Å²) in [6, 6.07) is 7.31. The van der Waals surface area contributed by atoms with Crippen molar-refractivity contribution in [3.63, 3.8) is 0 Å². The molecule has 0 unspecified atom stereocenters. The molecule has 1 aromatic carbocycles. The van der Waals surface area contributed by atoms with Crippen LogP contribution in [0, 0.1) is 0 Å². The summed E-state index contributed by atoms with van der Waals surface area (Å²) in [7, 11) is 0. The van der Waals surface area contributed by atoms with Crippen LogP contribution >= 0.6 is 0 Å². The standard InChI is InChI=1S/C15H22N2O/c1-12-11-17(8-6-16-12)7-4-13-2-3-15-14(10-13)5-9-18-15/h2-3,10,12,16H,4-9,11H2,1H3/t12-/m0/s1. The van der Waals surface area contributed by atoms with E-state index in [0.29, 0.717) is 6.04 Å². The molecule has 1 atom stereocenters. The van der Waals surface area contributed by atoms with E-state index in [1.165, 1.54) is 30.8 Å². The van der Waals surface area contributed by atoms with Crippen molar-refractivity contribution in [3.05, 3.63) is 29.3 Å².